The molecule has 0 aromatic heterocycles. The Kier molecular flexibility index (Phi) is 4.78. The monoisotopic (exact) mass is 266 g/mol. The van der Waals surface area contributed by atoms with E-state index in [2.05, 4.69) is 5.32 Å². The van der Waals surface area contributed by atoms with Gasteiger partial charge in [-0.15, -0.1) is 0 Å². The zero-order valence-electron chi connectivity index (χ0n) is 11.9. The second-order valence-electron chi connectivity index (χ2n) is 5.66. The number of ether oxygens (including phenoxy) is 1. The number of nitrogens with two attached hydrogens (primary N) is 1. The number of phenolic OH excluding ortho intramolecular Hbond substituents is 1. The smallest absolute Gasteiger partial charge is 0.412 e. The first kappa shape index (κ1) is 15.3. The fourth-order valence-electron chi connectivity index (χ4n) is 1.60. The quantitative estimate of drug-likeness (QED) is 0.734. The number of carbonyl (C=O) groups is 1. The third kappa shape index (κ3) is 5.61. The highest BCUT2D eigenvalue weighted by atomic mass is 16.6. The number of carbonyl (C=O) groups excluding carboxylic acids is 1. The fraction of sp³-hybridized carbons (Fsp3) is 0.500. The maximum absolute atomic E-state index is 11.6. The SMILES string of the molecule is CC(N)Cc1ccc(O)c(NC(=O)OC(C)(C)C)c1. The van der Waals surface area contributed by atoms with E-state index in [1.165, 1.54) is 6.07 Å². The lowest BCUT2D eigenvalue weighted by Gasteiger charge is -2.20. The van der Waals surface area contributed by atoms with Crippen LogP contribution < -0.4 is 11.1 Å². The normalized spacial score (nSPS) is 12.9. The molecular weight excluding hydrogens is 244 g/mol. The predicted octanol–water partition coefficient (Wildman–Crippen LogP) is 2.63. The molecular formula is C14H22N2O3. The van der Waals surface area contributed by atoms with Crippen LogP contribution in [0.15, 0.2) is 18.2 Å². The van der Waals surface area contributed by atoms with Crippen LogP contribution >= 0.6 is 0 Å². The maximum atomic E-state index is 11.6. The van der Waals surface area contributed by atoms with Crippen molar-refractivity contribution in [3.05, 3.63) is 23.8 Å². The third-order valence-electron chi connectivity index (χ3n) is 2.25. The van der Waals surface area contributed by atoms with Gasteiger partial charge in [0.25, 0.3) is 0 Å². The molecule has 0 aliphatic heterocycles. The summed E-state index contributed by atoms with van der Waals surface area (Å²) in [4.78, 5) is 11.6. The van der Waals surface area contributed by atoms with Crippen molar-refractivity contribution in [1.29, 1.82) is 0 Å². The highest BCUT2D eigenvalue weighted by Crippen LogP contribution is 2.25. The Bertz CT molecular complexity index is 450. The molecule has 1 aromatic carbocycles. The molecule has 0 heterocycles. The lowest BCUT2D eigenvalue weighted by atomic mass is 10.1. The van der Waals surface area contributed by atoms with Crippen LogP contribution in [0.1, 0.15) is 33.3 Å². The second kappa shape index (κ2) is 5.93. The van der Waals surface area contributed by atoms with Crippen molar-refractivity contribution in [2.24, 2.45) is 5.73 Å². The summed E-state index contributed by atoms with van der Waals surface area (Å²) in [6.45, 7) is 7.23. The Morgan fingerprint density at radius 3 is 2.63 bits per heavy atom. The molecule has 1 aromatic rings. The number of benzene rings is 1. The summed E-state index contributed by atoms with van der Waals surface area (Å²) >= 11 is 0. The first-order valence-electron chi connectivity index (χ1n) is 6.25. The van der Waals surface area contributed by atoms with Gasteiger partial charge in [-0.1, -0.05) is 6.07 Å². The van der Waals surface area contributed by atoms with E-state index in [1.807, 2.05) is 6.92 Å². The second-order valence-corrected chi connectivity index (χ2v) is 5.66. The van der Waals surface area contributed by atoms with Gasteiger partial charge >= 0.3 is 6.09 Å². The van der Waals surface area contributed by atoms with Crippen molar-refractivity contribution >= 4 is 11.8 Å². The number of aromatic hydroxyl groups is 1. The molecule has 4 N–H and O–H groups in total. The van der Waals surface area contributed by atoms with Crippen LogP contribution in [0.2, 0.25) is 0 Å². The van der Waals surface area contributed by atoms with E-state index in [1.54, 1.807) is 32.9 Å². The van der Waals surface area contributed by atoms with Gasteiger partial charge in [0.2, 0.25) is 0 Å². The Hall–Kier alpha value is -1.75. The van der Waals surface area contributed by atoms with E-state index in [4.69, 9.17) is 10.5 Å². The molecule has 1 amide bonds. The molecule has 106 valence electrons. The van der Waals surface area contributed by atoms with Crippen molar-refractivity contribution < 1.29 is 14.6 Å². The summed E-state index contributed by atoms with van der Waals surface area (Å²) in [5.74, 6) is -0.000663. The highest BCUT2D eigenvalue weighted by molar-refractivity contribution is 5.87. The van der Waals surface area contributed by atoms with Crippen molar-refractivity contribution in [2.45, 2.75) is 45.8 Å². The average Bonchev–Trinajstić information content (AvgIpc) is 2.19. The minimum absolute atomic E-state index is 0.000663. The van der Waals surface area contributed by atoms with E-state index >= 15 is 0 Å². The number of anilines is 1. The Morgan fingerprint density at radius 2 is 2.11 bits per heavy atom. The Labute approximate surface area is 113 Å². The summed E-state index contributed by atoms with van der Waals surface area (Å²) in [7, 11) is 0. The van der Waals surface area contributed by atoms with Gasteiger partial charge in [0.05, 0.1) is 5.69 Å². The fourth-order valence-corrected chi connectivity index (χ4v) is 1.60. The van der Waals surface area contributed by atoms with Crippen LogP contribution in [0.4, 0.5) is 10.5 Å². The number of phenols is 1. The number of hydrogen-bond donors (Lipinski definition) is 3. The molecule has 5 nitrogen and oxygen atoms in total. The topological polar surface area (TPSA) is 84.6 Å². The zero-order valence-corrected chi connectivity index (χ0v) is 11.9. The highest BCUT2D eigenvalue weighted by Gasteiger charge is 2.17. The van der Waals surface area contributed by atoms with Crippen LogP contribution in [-0.4, -0.2) is 22.8 Å². The molecule has 0 saturated heterocycles. The van der Waals surface area contributed by atoms with Gasteiger partial charge in [-0.25, -0.2) is 4.79 Å². The van der Waals surface area contributed by atoms with E-state index < -0.39 is 11.7 Å². The van der Waals surface area contributed by atoms with Crippen LogP contribution in [0, 0.1) is 0 Å². The van der Waals surface area contributed by atoms with Crippen molar-refractivity contribution in [1.82, 2.24) is 0 Å². The molecule has 5 heteroatoms. The van der Waals surface area contributed by atoms with Gasteiger partial charge in [-0.05, 0) is 51.8 Å². The molecule has 0 bridgehead atoms. The van der Waals surface area contributed by atoms with Crippen LogP contribution in [0.5, 0.6) is 5.75 Å². The number of rotatable bonds is 3. The molecule has 1 rings (SSSR count). The number of amides is 1. The summed E-state index contributed by atoms with van der Waals surface area (Å²) in [6, 6.07) is 5.02. The van der Waals surface area contributed by atoms with E-state index in [9.17, 15) is 9.90 Å². The van der Waals surface area contributed by atoms with Crippen LogP contribution in [0.3, 0.4) is 0 Å². The molecule has 0 aliphatic rings. The minimum Gasteiger partial charge on any atom is -0.506 e. The van der Waals surface area contributed by atoms with Crippen molar-refractivity contribution in [3.8, 4) is 5.75 Å². The van der Waals surface area contributed by atoms with Crippen molar-refractivity contribution in [2.75, 3.05) is 5.32 Å². The predicted molar refractivity (Wildman–Crippen MR) is 75.3 cm³/mol. The lowest BCUT2D eigenvalue weighted by Crippen LogP contribution is -2.27. The van der Waals surface area contributed by atoms with Gasteiger partial charge in [0, 0.05) is 6.04 Å². The minimum atomic E-state index is -0.597. The molecule has 1 unspecified atom stereocenters. The molecule has 19 heavy (non-hydrogen) atoms. The van der Waals surface area contributed by atoms with Crippen LogP contribution in [-0.2, 0) is 11.2 Å². The van der Waals surface area contributed by atoms with Gasteiger partial charge < -0.3 is 15.6 Å². The van der Waals surface area contributed by atoms with Crippen LogP contribution in [0.25, 0.3) is 0 Å². The first-order chi connectivity index (χ1) is 8.67. The van der Waals surface area contributed by atoms with E-state index in [0.717, 1.165) is 5.56 Å². The van der Waals surface area contributed by atoms with Gasteiger partial charge in [0.1, 0.15) is 11.4 Å². The van der Waals surface area contributed by atoms with Crippen molar-refractivity contribution in [3.63, 3.8) is 0 Å². The molecule has 0 aliphatic carbocycles. The molecule has 0 saturated carbocycles. The molecule has 1 atom stereocenters. The Balaban J connectivity index is 2.79. The summed E-state index contributed by atoms with van der Waals surface area (Å²) in [6.07, 6.45) is 0.0734. The summed E-state index contributed by atoms with van der Waals surface area (Å²) < 4.78 is 5.13. The zero-order chi connectivity index (χ0) is 14.6. The molecule has 0 fully saturated rings. The lowest BCUT2D eigenvalue weighted by molar-refractivity contribution is 0.0635. The standard InChI is InChI=1S/C14H22N2O3/c1-9(15)7-10-5-6-12(17)11(8-10)16-13(18)19-14(2,3)4/h5-6,8-9,17H,7,15H2,1-4H3,(H,16,18). The van der Waals surface area contributed by atoms with Gasteiger partial charge in [-0.2, -0.15) is 0 Å². The largest absolute Gasteiger partial charge is 0.506 e. The summed E-state index contributed by atoms with van der Waals surface area (Å²) in [5, 5.41) is 12.2. The van der Waals surface area contributed by atoms with Gasteiger partial charge in [-0.3, -0.25) is 5.32 Å². The third-order valence-corrected chi connectivity index (χ3v) is 2.25. The maximum Gasteiger partial charge on any atom is 0.412 e. The average molecular weight is 266 g/mol. The van der Waals surface area contributed by atoms with Gasteiger partial charge in [0.15, 0.2) is 0 Å². The number of nitrogens with one attached hydrogen (secondary N) is 1. The first-order valence-corrected chi connectivity index (χ1v) is 6.25. The molecule has 0 radical (unpaired) electrons. The number of hydrogen-bond acceptors (Lipinski definition) is 4. The van der Waals surface area contributed by atoms with E-state index in [0.29, 0.717) is 12.1 Å². The summed E-state index contributed by atoms with van der Waals surface area (Å²) in [5.41, 5.74) is 6.41. The van der Waals surface area contributed by atoms with E-state index in [-0.39, 0.29) is 11.8 Å². The Morgan fingerprint density at radius 1 is 1.47 bits per heavy atom. The molecule has 0 spiro atoms.